The molecule has 4 heteroatoms. The molecule has 3 aromatic rings. The minimum atomic E-state index is -0.180. The smallest absolute Gasteiger partial charge is 0.248 e. The molecule has 4 nitrogen and oxygen atoms in total. The third-order valence-electron chi connectivity index (χ3n) is 4.69. The van der Waals surface area contributed by atoms with E-state index in [2.05, 4.69) is 12.2 Å². The van der Waals surface area contributed by atoms with Gasteiger partial charge in [-0.3, -0.25) is 4.79 Å². The Labute approximate surface area is 184 Å². The van der Waals surface area contributed by atoms with Crippen LogP contribution in [0.3, 0.4) is 0 Å². The summed E-state index contributed by atoms with van der Waals surface area (Å²) in [6.45, 7) is 3.42. The van der Waals surface area contributed by atoms with Crippen LogP contribution in [0.4, 0.5) is 5.69 Å². The van der Waals surface area contributed by atoms with Gasteiger partial charge >= 0.3 is 0 Å². The van der Waals surface area contributed by atoms with E-state index in [0.29, 0.717) is 6.61 Å². The summed E-state index contributed by atoms with van der Waals surface area (Å²) < 4.78 is 11.5. The van der Waals surface area contributed by atoms with Crippen LogP contribution in [-0.2, 0) is 11.4 Å². The Kier molecular flexibility index (Phi) is 8.74. The second-order valence-corrected chi connectivity index (χ2v) is 7.25. The summed E-state index contributed by atoms with van der Waals surface area (Å²) in [5, 5.41) is 2.86. The van der Waals surface area contributed by atoms with E-state index in [4.69, 9.17) is 9.47 Å². The molecule has 0 aromatic heterocycles. The lowest BCUT2D eigenvalue weighted by Crippen LogP contribution is -2.07. The number of hydrogen-bond donors (Lipinski definition) is 1. The first-order valence-electron chi connectivity index (χ1n) is 10.7. The molecular weight excluding hydrogens is 386 g/mol. The van der Waals surface area contributed by atoms with E-state index in [1.807, 2.05) is 78.9 Å². The number of carbonyl (C=O) groups excluding carboxylic acids is 1. The molecule has 0 unspecified atom stereocenters. The van der Waals surface area contributed by atoms with Gasteiger partial charge < -0.3 is 14.8 Å². The largest absolute Gasteiger partial charge is 0.494 e. The molecule has 31 heavy (non-hydrogen) atoms. The molecule has 0 spiro atoms. The molecule has 0 radical (unpaired) electrons. The fraction of sp³-hybridized carbons (Fsp3) is 0.222. The van der Waals surface area contributed by atoms with Crippen LogP contribution in [0.1, 0.15) is 37.3 Å². The van der Waals surface area contributed by atoms with Gasteiger partial charge in [0.15, 0.2) is 0 Å². The van der Waals surface area contributed by atoms with Gasteiger partial charge in [-0.05, 0) is 60.0 Å². The molecule has 0 atom stereocenters. The zero-order valence-corrected chi connectivity index (χ0v) is 17.9. The van der Waals surface area contributed by atoms with Crippen molar-refractivity contribution in [2.24, 2.45) is 0 Å². The third-order valence-corrected chi connectivity index (χ3v) is 4.69. The Morgan fingerprint density at radius 3 is 2.23 bits per heavy atom. The van der Waals surface area contributed by atoms with Crippen LogP contribution < -0.4 is 14.8 Å². The summed E-state index contributed by atoms with van der Waals surface area (Å²) in [7, 11) is 0. The van der Waals surface area contributed by atoms with Crippen LogP contribution >= 0.6 is 0 Å². The maximum atomic E-state index is 12.2. The summed E-state index contributed by atoms with van der Waals surface area (Å²) in [6, 6.07) is 25.1. The summed E-state index contributed by atoms with van der Waals surface area (Å²) in [4.78, 5) is 12.2. The maximum Gasteiger partial charge on any atom is 0.248 e. The quantitative estimate of drug-likeness (QED) is 0.288. The highest BCUT2D eigenvalue weighted by Gasteiger charge is 2.00. The van der Waals surface area contributed by atoms with Gasteiger partial charge in [0, 0.05) is 11.8 Å². The van der Waals surface area contributed by atoms with Crippen LogP contribution in [0, 0.1) is 0 Å². The van der Waals surface area contributed by atoms with Crippen molar-refractivity contribution < 1.29 is 14.3 Å². The second kappa shape index (κ2) is 12.2. The number of ether oxygens (including phenoxy) is 2. The number of anilines is 1. The number of rotatable bonds is 11. The lowest BCUT2D eigenvalue weighted by atomic mass is 10.2. The van der Waals surface area contributed by atoms with Gasteiger partial charge in [0.1, 0.15) is 18.1 Å². The van der Waals surface area contributed by atoms with E-state index in [-0.39, 0.29) is 5.91 Å². The molecule has 0 saturated heterocycles. The SMILES string of the molecule is CCCCCOc1ccc(NC(=O)C=Cc2ccc(OCc3ccccc3)cc2)cc1. The van der Waals surface area contributed by atoms with Crippen LogP contribution in [0.2, 0.25) is 0 Å². The highest BCUT2D eigenvalue weighted by molar-refractivity contribution is 6.01. The molecule has 0 aliphatic carbocycles. The van der Waals surface area contributed by atoms with Gasteiger partial charge in [-0.25, -0.2) is 0 Å². The molecule has 1 N–H and O–H groups in total. The van der Waals surface area contributed by atoms with Gasteiger partial charge in [-0.15, -0.1) is 0 Å². The van der Waals surface area contributed by atoms with E-state index in [0.717, 1.165) is 41.3 Å². The van der Waals surface area contributed by atoms with Crippen LogP contribution in [0.15, 0.2) is 84.9 Å². The Balaban J connectivity index is 1.44. The minimum absolute atomic E-state index is 0.180. The monoisotopic (exact) mass is 415 g/mol. The minimum Gasteiger partial charge on any atom is -0.494 e. The summed E-state index contributed by atoms with van der Waals surface area (Å²) in [5.74, 6) is 1.43. The van der Waals surface area contributed by atoms with Crippen molar-refractivity contribution in [2.45, 2.75) is 32.8 Å². The maximum absolute atomic E-state index is 12.2. The number of amides is 1. The number of unbranched alkanes of at least 4 members (excludes halogenated alkanes) is 2. The van der Waals surface area contributed by atoms with Gasteiger partial charge in [0.2, 0.25) is 5.91 Å². The molecular formula is C27H29NO3. The Morgan fingerprint density at radius 2 is 1.52 bits per heavy atom. The normalized spacial score (nSPS) is 10.7. The summed E-state index contributed by atoms with van der Waals surface area (Å²) in [6.07, 6.45) is 6.70. The molecule has 0 fully saturated rings. The summed E-state index contributed by atoms with van der Waals surface area (Å²) >= 11 is 0. The van der Waals surface area contributed by atoms with E-state index >= 15 is 0 Å². The van der Waals surface area contributed by atoms with Crippen LogP contribution in [0.5, 0.6) is 11.5 Å². The highest BCUT2D eigenvalue weighted by atomic mass is 16.5. The molecule has 160 valence electrons. The van der Waals surface area contributed by atoms with E-state index in [9.17, 15) is 4.79 Å². The van der Waals surface area contributed by atoms with Crippen molar-refractivity contribution >= 4 is 17.7 Å². The number of nitrogens with one attached hydrogen (secondary N) is 1. The van der Waals surface area contributed by atoms with Crippen LogP contribution in [-0.4, -0.2) is 12.5 Å². The third kappa shape index (κ3) is 8.01. The average molecular weight is 416 g/mol. The van der Waals surface area contributed by atoms with E-state index in [1.165, 1.54) is 18.9 Å². The number of carbonyl (C=O) groups is 1. The van der Waals surface area contributed by atoms with Crippen LogP contribution in [0.25, 0.3) is 6.08 Å². The molecule has 1 amide bonds. The molecule has 0 aliphatic rings. The number of hydrogen-bond acceptors (Lipinski definition) is 3. The predicted octanol–water partition coefficient (Wildman–Crippen LogP) is 6.49. The Morgan fingerprint density at radius 1 is 0.839 bits per heavy atom. The molecule has 3 rings (SSSR count). The van der Waals surface area contributed by atoms with Crippen molar-refractivity contribution in [3.63, 3.8) is 0 Å². The van der Waals surface area contributed by atoms with E-state index < -0.39 is 0 Å². The fourth-order valence-corrected chi connectivity index (χ4v) is 2.95. The van der Waals surface area contributed by atoms with Crippen molar-refractivity contribution in [1.29, 1.82) is 0 Å². The fourth-order valence-electron chi connectivity index (χ4n) is 2.95. The first kappa shape index (κ1) is 22.2. The predicted molar refractivity (Wildman–Crippen MR) is 126 cm³/mol. The second-order valence-electron chi connectivity index (χ2n) is 7.25. The highest BCUT2D eigenvalue weighted by Crippen LogP contribution is 2.17. The van der Waals surface area contributed by atoms with Gasteiger partial charge in [0.05, 0.1) is 6.61 Å². The first-order chi connectivity index (χ1) is 15.2. The lowest BCUT2D eigenvalue weighted by Gasteiger charge is -2.07. The van der Waals surface area contributed by atoms with Gasteiger partial charge in [-0.2, -0.15) is 0 Å². The molecule has 0 aliphatic heterocycles. The molecule has 0 bridgehead atoms. The molecule has 0 saturated carbocycles. The van der Waals surface area contributed by atoms with Gasteiger partial charge in [0.25, 0.3) is 0 Å². The van der Waals surface area contributed by atoms with E-state index in [1.54, 1.807) is 6.08 Å². The van der Waals surface area contributed by atoms with Crippen molar-refractivity contribution in [2.75, 3.05) is 11.9 Å². The lowest BCUT2D eigenvalue weighted by molar-refractivity contribution is -0.111. The Bertz CT molecular complexity index is 948. The zero-order valence-electron chi connectivity index (χ0n) is 17.9. The van der Waals surface area contributed by atoms with Crippen molar-refractivity contribution in [3.8, 4) is 11.5 Å². The molecule has 3 aromatic carbocycles. The topological polar surface area (TPSA) is 47.6 Å². The van der Waals surface area contributed by atoms with Crippen molar-refractivity contribution in [3.05, 3.63) is 96.1 Å². The average Bonchev–Trinajstić information content (AvgIpc) is 2.81. The van der Waals surface area contributed by atoms with Crippen molar-refractivity contribution in [1.82, 2.24) is 0 Å². The molecule has 0 heterocycles. The standard InChI is InChI=1S/C27H29NO3/c1-2-3-7-20-30-25-17-13-24(14-18-25)28-27(29)19-12-22-10-15-26(16-11-22)31-21-23-8-5-4-6-9-23/h4-6,8-19H,2-3,7,20-21H2,1H3,(H,28,29). The summed E-state index contributed by atoms with van der Waals surface area (Å²) in [5.41, 5.74) is 2.79. The van der Waals surface area contributed by atoms with Gasteiger partial charge in [-0.1, -0.05) is 62.2 Å². The Hall–Kier alpha value is -3.53. The first-order valence-corrected chi connectivity index (χ1v) is 10.7. The zero-order chi connectivity index (χ0) is 21.7. The number of benzene rings is 3.